The topological polar surface area (TPSA) is 154 Å². The minimum atomic E-state index is -1.41. The molecule has 4 atom stereocenters. The van der Waals surface area contributed by atoms with E-state index in [1.807, 2.05) is 31.2 Å². The molecule has 0 unspecified atom stereocenters. The van der Waals surface area contributed by atoms with Gasteiger partial charge in [0.25, 0.3) is 0 Å². The van der Waals surface area contributed by atoms with Gasteiger partial charge in [0.15, 0.2) is 5.96 Å². The smallest absolute Gasteiger partial charge is 0.235 e. The Morgan fingerprint density at radius 2 is 1.89 bits per heavy atom. The fourth-order valence-corrected chi connectivity index (χ4v) is 5.84. The number of benzene rings is 2. The Morgan fingerprint density at radius 1 is 1.21 bits per heavy atom. The van der Waals surface area contributed by atoms with Gasteiger partial charge in [-0.05, 0) is 23.9 Å². The lowest BCUT2D eigenvalue weighted by atomic mass is 9.78. The van der Waals surface area contributed by atoms with Crippen molar-refractivity contribution in [1.82, 2.24) is 4.90 Å². The van der Waals surface area contributed by atoms with E-state index in [4.69, 9.17) is 16.2 Å². The molecule has 38 heavy (non-hydrogen) atoms. The number of β-lactam (4-membered cyclic amide) rings is 1. The van der Waals surface area contributed by atoms with Crippen LogP contribution in [0.5, 0.6) is 5.75 Å². The van der Waals surface area contributed by atoms with Crippen LogP contribution < -0.4 is 21.3 Å². The van der Waals surface area contributed by atoms with E-state index < -0.39 is 24.0 Å². The first-order valence-electron chi connectivity index (χ1n) is 12.9. The molecule has 2 aliphatic heterocycles. The van der Waals surface area contributed by atoms with Crippen LogP contribution in [-0.2, 0) is 16.1 Å². The van der Waals surface area contributed by atoms with Crippen molar-refractivity contribution in [3.05, 3.63) is 53.2 Å². The van der Waals surface area contributed by atoms with Gasteiger partial charge in [0.05, 0.1) is 50.4 Å². The lowest BCUT2D eigenvalue weighted by molar-refractivity contribution is -0.903. The second-order valence-corrected chi connectivity index (χ2v) is 10.9. The van der Waals surface area contributed by atoms with Gasteiger partial charge in [-0.25, -0.2) is 0 Å². The van der Waals surface area contributed by atoms with Gasteiger partial charge >= 0.3 is 0 Å². The predicted molar refractivity (Wildman–Crippen MR) is 142 cm³/mol. The summed E-state index contributed by atoms with van der Waals surface area (Å²) in [6.45, 7) is 5.69. The van der Waals surface area contributed by atoms with Crippen molar-refractivity contribution in [3.8, 4) is 5.75 Å². The molecule has 2 aromatic carbocycles. The van der Waals surface area contributed by atoms with Crippen molar-refractivity contribution in [2.75, 3.05) is 33.8 Å². The Bertz CT molecular complexity index is 1300. The molecule has 0 spiro atoms. The van der Waals surface area contributed by atoms with E-state index in [2.05, 4.69) is 31.2 Å². The number of guanidine groups is 1. The second-order valence-electron chi connectivity index (χ2n) is 10.9. The number of nitrogens with zero attached hydrogens (tertiary/aromatic N) is 3. The molecule has 204 valence electrons. The van der Waals surface area contributed by atoms with Crippen molar-refractivity contribution in [2.24, 2.45) is 28.3 Å². The predicted octanol–water partition coefficient (Wildman–Crippen LogP) is 0.320. The number of amides is 1. The van der Waals surface area contributed by atoms with Crippen LogP contribution in [0.3, 0.4) is 0 Å². The Morgan fingerprint density at radius 3 is 2.55 bits per heavy atom. The summed E-state index contributed by atoms with van der Waals surface area (Å²) >= 11 is 0. The summed E-state index contributed by atoms with van der Waals surface area (Å²) in [5, 5.41) is 24.0. The Labute approximate surface area is 222 Å². The van der Waals surface area contributed by atoms with Crippen LogP contribution in [0.15, 0.2) is 52.7 Å². The Hall–Kier alpha value is -3.63. The average molecular weight is 524 g/mol. The number of fused-ring (bicyclic) bond motifs is 2. The quantitative estimate of drug-likeness (QED) is 0.126. The minimum absolute atomic E-state index is 0.00692. The van der Waals surface area contributed by atoms with E-state index in [1.165, 1.54) is 4.90 Å². The normalized spacial score (nSPS) is 21.8. The number of ether oxygens (including phenoxy) is 1. The molecule has 0 aliphatic carbocycles. The van der Waals surface area contributed by atoms with Gasteiger partial charge in [-0.2, -0.15) is 0 Å². The zero-order valence-electron chi connectivity index (χ0n) is 22.4. The number of aliphatic hydroxyl groups is 1. The van der Waals surface area contributed by atoms with Crippen molar-refractivity contribution < 1.29 is 29.0 Å². The summed E-state index contributed by atoms with van der Waals surface area (Å²) in [7, 11) is 4.32. The number of carbonyl (C=O) groups excluding carboxylic acids is 2. The lowest BCUT2D eigenvalue weighted by Gasteiger charge is -2.47. The van der Waals surface area contributed by atoms with Crippen LogP contribution in [0.2, 0.25) is 0 Å². The maximum atomic E-state index is 12.6. The number of aliphatic imine (C=N–C) groups is 1. The van der Waals surface area contributed by atoms with Gasteiger partial charge in [-0.3, -0.25) is 9.79 Å². The van der Waals surface area contributed by atoms with Gasteiger partial charge in [-0.1, -0.05) is 37.3 Å². The van der Waals surface area contributed by atoms with E-state index in [-0.39, 0.29) is 30.1 Å². The molecule has 4 rings (SSSR count). The number of nitrogens with two attached hydrogens (primary N) is 2. The van der Waals surface area contributed by atoms with E-state index in [9.17, 15) is 19.8 Å². The Kier molecular flexibility index (Phi) is 7.66. The van der Waals surface area contributed by atoms with E-state index in [0.29, 0.717) is 17.9 Å². The summed E-state index contributed by atoms with van der Waals surface area (Å²) < 4.78 is 6.95. The minimum Gasteiger partial charge on any atom is -0.543 e. The number of carbonyl (C=O) groups is 2. The molecule has 0 saturated carbocycles. The second kappa shape index (κ2) is 10.6. The molecule has 1 amide bonds. The lowest BCUT2D eigenvalue weighted by Crippen LogP contribution is -2.64. The first-order valence-corrected chi connectivity index (χ1v) is 12.9. The number of carboxylic acid groups (broad SMARTS) is 1. The van der Waals surface area contributed by atoms with Crippen LogP contribution in [0.25, 0.3) is 10.8 Å². The van der Waals surface area contributed by atoms with Gasteiger partial charge < -0.3 is 40.6 Å². The molecular formula is C28H37N5O5. The van der Waals surface area contributed by atoms with Gasteiger partial charge in [0.2, 0.25) is 5.91 Å². The standard InChI is InChI=1S/C28H37N5O5/c1-16-21(25(27(36)37)32-24(16)23(17(2)34)26(32)35)15-38-22-11-6-9-19-18(8-5-10-20(19)22)14-33(3,4)13-7-12-31-28(29)30/h5-6,8-11,16-17,23-24,34H,7,12-15H2,1-4H3,(H4-,29,30,31,36,37)/t16-,17+,23+,24+/m0/s1. The number of quaternary nitrogens is 1. The number of hydrogen-bond acceptors (Lipinski definition) is 6. The molecule has 0 radical (unpaired) electrons. The third-order valence-electron chi connectivity index (χ3n) is 7.68. The zero-order chi connectivity index (χ0) is 27.8. The van der Waals surface area contributed by atoms with E-state index >= 15 is 0 Å². The molecular weight excluding hydrogens is 486 g/mol. The zero-order valence-corrected chi connectivity index (χ0v) is 22.4. The molecule has 2 heterocycles. The average Bonchev–Trinajstić information content (AvgIpc) is 3.08. The van der Waals surface area contributed by atoms with Crippen molar-refractivity contribution in [2.45, 2.75) is 39.0 Å². The SMILES string of the molecule is C[C@@H](O)[C@H]1C(=O)N2C(C(=O)[O-])=C(COc3cccc4c(C[N+](C)(C)CCCN=C(N)N)cccc34)[C@H](C)[C@H]12. The third-order valence-corrected chi connectivity index (χ3v) is 7.68. The van der Waals surface area contributed by atoms with E-state index in [0.717, 1.165) is 40.3 Å². The van der Waals surface area contributed by atoms with Gasteiger partial charge in [0, 0.05) is 29.8 Å². The summed E-state index contributed by atoms with van der Waals surface area (Å²) in [4.78, 5) is 29.9. The monoisotopic (exact) mass is 523 g/mol. The summed E-state index contributed by atoms with van der Waals surface area (Å²) in [5.41, 5.74) is 12.4. The first-order chi connectivity index (χ1) is 17.9. The maximum Gasteiger partial charge on any atom is 0.235 e. The molecule has 0 bridgehead atoms. The fraction of sp³-hybridized carbons (Fsp3) is 0.464. The molecule has 2 aromatic rings. The van der Waals surface area contributed by atoms with Gasteiger partial charge in [-0.15, -0.1) is 0 Å². The van der Waals surface area contributed by atoms with Crippen molar-refractivity contribution in [1.29, 1.82) is 0 Å². The van der Waals surface area contributed by atoms with Crippen LogP contribution in [0.1, 0.15) is 25.8 Å². The number of aliphatic hydroxyl groups excluding tert-OH is 1. The molecule has 10 nitrogen and oxygen atoms in total. The fourth-order valence-electron chi connectivity index (χ4n) is 5.84. The molecule has 2 aliphatic rings. The van der Waals surface area contributed by atoms with Crippen LogP contribution in [0.4, 0.5) is 0 Å². The third kappa shape index (κ3) is 5.19. The molecule has 1 saturated heterocycles. The highest BCUT2D eigenvalue weighted by Crippen LogP contribution is 2.47. The summed E-state index contributed by atoms with van der Waals surface area (Å²) in [5.74, 6) is -1.96. The molecule has 0 aromatic heterocycles. The highest BCUT2D eigenvalue weighted by molar-refractivity contribution is 5.99. The van der Waals surface area contributed by atoms with Crippen LogP contribution >= 0.6 is 0 Å². The van der Waals surface area contributed by atoms with Crippen LogP contribution in [-0.4, -0.2) is 78.3 Å². The van der Waals surface area contributed by atoms with Crippen molar-refractivity contribution >= 4 is 28.6 Å². The summed E-state index contributed by atoms with van der Waals surface area (Å²) in [6, 6.07) is 11.5. The number of aliphatic carboxylic acids is 1. The highest BCUT2D eigenvalue weighted by atomic mass is 16.5. The number of hydrogen-bond donors (Lipinski definition) is 3. The first kappa shape index (κ1) is 27.4. The van der Waals surface area contributed by atoms with Crippen LogP contribution in [0, 0.1) is 11.8 Å². The highest BCUT2D eigenvalue weighted by Gasteiger charge is 2.58. The molecule has 10 heteroatoms. The number of rotatable bonds is 11. The number of carboxylic acids is 1. The van der Waals surface area contributed by atoms with Gasteiger partial charge in [0.1, 0.15) is 18.9 Å². The summed E-state index contributed by atoms with van der Waals surface area (Å²) in [6.07, 6.45) is -0.00531. The molecule has 1 fully saturated rings. The van der Waals surface area contributed by atoms with Crippen molar-refractivity contribution in [3.63, 3.8) is 0 Å². The maximum absolute atomic E-state index is 12.6. The molecule has 5 N–H and O–H groups in total. The van der Waals surface area contributed by atoms with E-state index in [1.54, 1.807) is 6.92 Å². The largest absolute Gasteiger partial charge is 0.543 e. The Balaban J connectivity index is 1.54.